The minimum atomic E-state index is -0.0782. The number of benzene rings is 5. The van der Waals surface area contributed by atoms with Gasteiger partial charge in [-0.05, 0) is 95.5 Å². The molecular weight excluding hydrogens is 556 g/mol. The molecule has 0 spiro atoms. The zero-order chi connectivity index (χ0) is 31.8. The second-order valence-electron chi connectivity index (χ2n) is 14.5. The average Bonchev–Trinajstić information content (AvgIpc) is 3.40. The molecule has 1 unspecified atom stereocenters. The molecule has 6 aromatic rings. The maximum Gasteiger partial charge on any atom is 0.0582 e. The lowest BCUT2D eigenvalue weighted by Crippen LogP contribution is -2.26. The first-order valence-corrected chi connectivity index (χ1v) is 16.7. The second kappa shape index (κ2) is 10.4. The van der Waals surface area contributed by atoms with E-state index in [0.717, 1.165) is 6.42 Å². The molecule has 0 bridgehead atoms. The van der Waals surface area contributed by atoms with Crippen LogP contribution < -0.4 is 4.90 Å². The van der Waals surface area contributed by atoms with Crippen LogP contribution in [0, 0.1) is 6.92 Å². The third kappa shape index (κ3) is 4.31. The molecule has 0 saturated carbocycles. The average molecular weight is 599 g/mol. The van der Waals surface area contributed by atoms with E-state index in [9.17, 15) is 0 Å². The Morgan fingerprint density at radius 2 is 1.39 bits per heavy atom. The normalized spacial score (nSPS) is 19.0. The fraction of sp³-hybridized carbons (Fsp3) is 0.227. The third-order valence-electron chi connectivity index (χ3n) is 10.6. The molecule has 0 radical (unpaired) electrons. The van der Waals surface area contributed by atoms with Crippen LogP contribution in [-0.2, 0) is 10.8 Å². The minimum Gasteiger partial charge on any atom is -0.310 e. The Kier molecular flexibility index (Phi) is 6.45. The topological polar surface area (TPSA) is 8.17 Å². The van der Waals surface area contributed by atoms with Gasteiger partial charge in [-0.25, -0.2) is 0 Å². The Labute approximate surface area is 273 Å². The lowest BCUT2D eigenvalue weighted by Gasteiger charge is -2.34. The molecule has 46 heavy (non-hydrogen) atoms. The number of anilines is 3. The summed E-state index contributed by atoms with van der Waals surface area (Å²) < 4.78 is 2.50. The van der Waals surface area contributed by atoms with Crippen molar-refractivity contribution in [3.05, 3.63) is 155 Å². The van der Waals surface area contributed by atoms with E-state index in [-0.39, 0.29) is 10.8 Å². The van der Waals surface area contributed by atoms with Crippen LogP contribution in [0.3, 0.4) is 0 Å². The molecule has 1 aliphatic carbocycles. The smallest absolute Gasteiger partial charge is 0.0582 e. The van der Waals surface area contributed by atoms with E-state index in [2.05, 4.69) is 178 Å². The fourth-order valence-corrected chi connectivity index (χ4v) is 7.99. The van der Waals surface area contributed by atoms with Crippen molar-refractivity contribution in [2.75, 3.05) is 4.90 Å². The van der Waals surface area contributed by atoms with Gasteiger partial charge in [-0.2, -0.15) is 0 Å². The first kappa shape index (κ1) is 28.6. The van der Waals surface area contributed by atoms with Gasteiger partial charge in [-0.15, -0.1) is 0 Å². The summed E-state index contributed by atoms with van der Waals surface area (Å²) in [4.78, 5) is 2.45. The lowest BCUT2D eigenvalue weighted by molar-refractivity contribution is 0.527. The molecule has 228 valence electrons. The van der Waals surface area contributed by atoms with Gasteiger partial charge in [0.25, 0.3) is 0 Å². The number of aromatic nitrogens is 1. The molecular formula is C44H42N2. The maximum absolute atomic E-state index is 2.50. The molecule has 2 nitrogen and oxygen atoms in total. The number of rotatable bonds is 3. The summed E-state index contributed by atoms with van der Waals surface area (Å²) in [6, 6.07) is 39.0. The maximum atomic E-state index is 2.50. The van der Waals surface area contributed by atoms with Gasteiger partial charge in [-0.3, -0.25) is 0 Å². The summed E-state index contributed by atoms with van der Waals surface area (Å²) in [6.07, 6.45) is 10.0. The lowest BCUT2D eigenvalue weighted by atomic mass is 9.75. The Balaban J connectivity index is 1.38. The van der Waals surface area contributed by atoms with Crippen molar-refractivity contribution < 1.29 is 0 Å². The van der Waals surface area contributed by atoms with Gasteiger partial charge in [-0.1, -0.05) is 119 Å². The number of para-hydroxylation sites is 2. The van der Waals surface area contributed by atoms with Crippen molar-refractivity contribution in [1.29, 1.82) is 0 Å². The van der Waals surface area contributed by atoms with Crippen LogP contribution in [0.4, 0.5) is 17.1 Å². The molecule has 1 aromatic heterocycles. The molecule has 0 fully saturated rings. The highest BCUT2D eigenvalue weighted by Gasteiger charge is 2.35. The van der Waals surface area contributed by atoms with Gasteiger partial charge >= 0.3 is 0 Å². The Morgan fingerprint density at radius 3 is 2.22 bits per heavy atom. The molecule has 0 N–H and O–H groups in total. The summed E-state index contributed by atoms with van der Waals surface area (Å²) in [5, 5.41) is 2.59. The number of allylic oxidation sites excluding steroid dienone is 4. The molecule has 0 amide bonds. The van der Waals surface area contributed by atoms with Crippen molar-refractivity contribution in [3.8, 4) is 5.69 Å². The summed E-state index contributed by atoms with van der Waals surface area (Å²) >= 11 is 0. The highest BCUT2D eigenvalue weighted by atomic mass is 15.1. The molecule has 2 aliphatic rings. The number of nitrogens with zero attached hydrogens (tertiary/aromatic N) is 2. The van der Waals surface area contributed by atoms with E-state index in [1.165, 1.54) is 72.4 Å². The van der Waals surface area contributed by atoms with Crippen LogP contribution in [0.1, 0.15) is 74.8 Å². The first-order chi connectivity index (χ1) is 22.1. The standard InChI is InChI=1S/C44H42N2/c1-29-18-20-31(21-19-29)45(33-22-24-34-30(2)13-8-7-11-26-43(3,4)39(34)28-33)32-23-25-40-36(27-32)35-14-12-16-38-42(35)46(40)41-17-10-9-15-37(41)44(38,5)6/h7-25,27-28,30H,26H2,1-6H3/b11-7-,13-8-. The Hall–Kier alpha value is -4.82. The molecule has 8 rings (SSSR count). The molecule has 2 heteroatoms. The largest absolute Gasteiger partial charge is 0.310 e. The van der Waals surface area contributed by atoms with Crippen LogP contribution in [0.15, 0.2) is 127 Å². The van der Waals surface area contributed by atoms with E-state index in [1.807, 2.05) is 0 Å². The van der Waals surface area contributed by atoms with Crippen molar-refractivity contribution in [3.63, 3.8) is 0 Å². The summed E-state index contributed by atoms with van der Waals surface area (Å²) in [7, 11) is 0. The van der Waals surface area contributed by atoms with E-state index in [1.54, 1.807) is 0 Å². The van der Waals surface area contributed by atoms with Gasteiger partial charge in [0.1, 0.15) is 0 Å². The Morgan fingerprint density at radius 1 is 0.674 bits per heavy atom. The zero-order valence-electron chi connectivity index (χ0n) is 27.8. The van der Waals surface area contributed by atoms with Crippen molar-refractivity contribution in [2.24, 2.45) is 0 Å². The van der Waals surface area contributed by atoms with Crippen LogP contribution in [0.2, 0.25) is 0 Å². The van der Waals surface area contributed by atoms with Crippen LogP contribution >= 0.6 is 0 Å². The second-order valence-corrected chi connectivity index (χ2v) is 14.5. The number of hydrogen-bond donors (Lipinski definition) is 0. The molecule has 1 atom stereocenters. The summed E-state index contributed by atoms with van der Waals surface area (Å²) in [5.74, 6) is 0.345. The number of hydrogen-bond acceptors (Lipinski definition) is 1. The zero-order valence-corrected chi connectivity index (χ0v) is 27.8. The van der Waals surface area contributed by atoms with Crippen LogP contribution in [-0.4, -0.2) is 4.57 Å². The van der Waals surface area contributed by atoms with Gasteiger partial charge in [0.05, 0.1) is 16.7 Å². The highest BCUT2D eigenvalue weighted by molar-refractivity contribution is 6.12. The Bertz CT molecular complexity index is 2200. The van der Waals surface area contributed by atoms with Gasteiger partial charge in [0.15, 0.2) is 0 Å². The summed E-state index contributed by atoms with van der Waals surface area (Å²) in [5.41, 5.74) is 14.1. The summed E-state index contributed by atoms with van der Waals surface area (Å²) in [6.45, 7) is 14.0. The SMILES string of the molecule is Cc1ccc(N(c2ccc3c(c2)C(C)(C)C/C=C\C=C/C3C)c2ccc3c(c2)c2cccc4c2n3-c2ccccc2C4(C)C)cc1. The first-order valence-electron chi connectivity index (χ1n) is 16.7. The van der Waals surface area contributed by atoms with Gasteiger partial charge in [0, 0.05) is 33.2 Å². The number of fused-ring (bicyclic) bond motifs is 6. The fourth-order valence-electron chi connectivity index (χ4n) is 7.99. The minimum absolute atomic E-state index is 0.00426. The van der Waals surface area contributed by atoms with Crippen LogP contribution in [0.5, 0.6) is 0 Å². The quantitative estimate of drug-likeness (QED) is 0.197. The molecule has 2 heterocycles. The van der Waals surface area contributed by atoms with Crippen molar-refractivity contribution >= 4 is 38.9 Å². The predicted octanol–water partition coefficient (Wildman–Crippen LogP) is 12.1. The monoisotopic (exact) mass is 598 g/mol. The molecule has 5 aromatic carbocycles. The highest BCUT2D eigenvalue weighted by Crippen LogP contribution is 2.49. The predicted molar refractivity (Wildman–Crippen MR) is 197 cm³/mol. The van der Waals surface area contributed by atoms with Crippen LogP contribution in [0.25, 0.3) is 27.5 Å². The third-order valence-corrected chi connectivity index (χ3v) is 10.6. The van der Waals surface area contributed by atoms with E-state index < -0.39 is 0 Å². The van der Waals surface area contributed by atoms with E-state index in [0.29, 0.717) is 5.92 Å². The van der Waals surface area contributed by atoms with Crippen molar-refractivity contribution in [1.82, 2.24) is 4.57 Å². The molecule has 1 aliphatic heterocycles. The number of aryl methyl sites for hydroxylation is 1. The van der Waals surface area contributed by atoms with Gasteiger partial charge < -0.3 is 9.47 Å². The van der Waals surface area contributed by atoms with Gasteiger partial charge in [0.2, 0.25) is 0 Å². The van der Waals surface area contributed by atoms with E-state index >= 15 is 0 Å². The molecule has 0 saturated heterocycles. The van der Waals surface area contributed by atoms with E-state index in [4.69, 9.17) is 0 Å². The van der Waals surface area contributed by atoms with Crippen molar-refractivity contribution in [2.45, 2.75) is 64.7 Å².